The Morgan fingerprint density at radius 2 is 1.85 bits per heavy atom. The van der Waals surface area contributed by atoms with E-state index in [0.29, 0.717) is 18.0 Å². The van der Waals surface area contributed by atoms with E-state index in [9.17, 15) is 14.0 Å². The lowest BCUT2D eigenvalue weighted by Crippen LogP contribution is -2.55. The predicted octanol–water partition coefficient (Wildman–Crippen LogP) is 3.96. The van der Waals surface area contributed by atoms with Crippen LogP contribution in [0, 0.1) is 11.7 Å². The molecule has 1 amide bonds. The zero-order chi connectivity index (χ0) is 19.4. The number of anilines is 1. The fourth-order valence-electron chi connectivity index (χ4n) is 3.30. The molecule has 6 heteroatoms. The van der Waals surface area contributed by atoms with Crippen LogP contribution >= 0.6 is 0 Å². The lowest BCUT2D eigenvalue weighted by molar-refractivity contribution is -0.138. The van der Waals surface area contributed by atoms with Gasteiger partial charge in [-0.2, -0.15) is 0 Å². The summed E-state index contributed by atoms with van der Waals surface area (Å²) in [6.07, 6.45) is 1.83. The molecule has 1 heterocycles. The molecule has 0 unspecified atom stereocenters. The zero-order valence-corrected chi connectivity index (χ0v) is 14.7. The van der Waals surface area contributed by atoms with Gasteiger partial charge >= 0.3 is 5.97 Å². The number of nitrogens with zero attached hydrogens (tertiary/aromatic N) is 1. The quantitative estimate of drug-likeness (QED) is 0.565. The second-order valence-electron chi connectivity index (χ2n) is 6.34. The minimum atomic E-state index is -0.935. The van der Waals surface area contributed by atoms with Crippen molar-refractivity contribution in [2.75, 3.05) is 11.5 Å². The summed E-state index contributed by atoms with van der Waals surface area (Å²) in [5.74, 6) is -1.21. The third kappa shape index (κ3) is 4.00. The third-order valence-corrected chi connectivity index (χ3v) is 4.58. The van der Waals surface area contributed by atoms with Crippen molar-refractivity contribution in [1.29, 1.82) is 0 Å². The molecule has 0 saturated carbocycles. The first-order valence-electron chi connectivity index (χ1n) is 8.65. The van der Waals surface area contributed by atoms with Gasteiger partial charge in [0.2, 0.25) is 5.91 Å². The Balaban J connectivity index is 1.86. The fraction of sp³-hybridized carbons (Fsp3) is 0.238. The van der Waals surface area contributed by atoms with Crippen molar-refractivity contribution in [3.63, 3.8) is 0 Å². The number of carbonyl (C=O) groups excluding carboxylic acids is 1. The van der Waals surface area contributed by atoms with Crippen LogP contribution in [0.3, 0.4) is 0 Å². The lowest BCUT2D eigenvalue weighted by Gasteiger charge is -2.47. The van der Waals surface area contributed by atoms with Gasteiger partial charge in [0.1, 0.15) is 18.2 Å². The number of halogens is 1. The Labute approximate surface area is 156 Å². The van der Waals surface area contributed by atoms with Crippen molar-refractivity contribution in [2.45, 2.75) is 18.9 Å². The van der Waals surface area contributed by atoms with E-state index >= 15 is 0 Å². The normalized spacial score (nSPS) is 18.7. The summed E-state index contributed by atoms with van der Waals surface area (Å²) in [5.41, 5.74) is 1.46. The van der Waals surface area contributed by atoms with Crippen molar-refractivity contribution in [3.05, 3.63) is 72.6 Å². The summed E-state index contributed by atoms with van der Waals surface area (Å²) in [4.78, 5) is 25.2. The molecule has 5 nitrogen and oxygen atoms in total. The first-order chi connectivity index (χ1) is 13.0. The Hall–Kier alpha value is -3.15. The van der Waals surface area contributed by atoms with E-state index in [1.54, 1.807) is 35.2 Å². The minimum Gasteiger partial charge on any atom is -0.490 e. The molecule has 2 aromatic rings. The second kappa shape index (κ2) is 8.03. The van der Waals surface area contributed by atoms with E-state index in [-0.39, 0.29) is 30.6 Å². The summed E-state index contributed by atoms with van der Waals surface area (Å²) in [7, 11) is 0. The number of β-lactam (4-membered cyclic amide) rings is 1. The number of hydrogen-bond acceptors (Lipinski definition) is 3. The number of carboxylic acids is 1. The molecular formula is C21H20FNO4. The fourth-order valence-corrected chi connectivity index (χ4v) is 3.30. The van der Waals surface area contributed by atoms with E-state index < -0.39 is 11.9 Å². The van der Waals surface area contributed by atoms with Crippen molar-refractivity contribution >= 4 is 17.6 Å². The van der Waals surface area contributed by atoms with Gasteiger partial charge in [-0.1, -0.05) is 24.8 Å². The van der Waals surface area contributed by atoms with Crippen molar-refractivity contribution < 1.29 is 23.8 Å². The largest absolute Gasteiger partial charge is 0.490 e. The van der Waals surface area contributed by atoms with Crippen LogP contribution in [0.2, 0.25) is 0 Å². The Morgan fingerprint density at radius 1 is 1.19 bits per heavy atom. The van der Waals surface area contributed by atoms with Gasteiger partial charge in [0.25, 0.3) is 0 Å². The molecule has 1 fully saturated rings. The second-order valence-corrected chi connectivity index (χ2v) is 6.34. The molecule has 1 N–H and O–H groups in total. The molecule has 1 aliphatic heterocycles. The highest BCUT2D eigenvalue weighted by Crippen LogP contribution is 2.45. The van der Waals surface area contributed by atoms with Crippen LogP contribution in [0.5, 0.6) is 5.75 Å². The number of carbonyl (C=O) groups is 2. The predicted molar refractivity (Wildman–Crippen MR) is 99.1 cm³/mol. The van der Waals surface area contributed by atoms with Gasteiger partial charge in [-0.3, -0.25) is 9.59 Å². The number of benzene rings is 2. The smallest absolute Gasteiger partial charge is 0.303 e. The van der Waals surface area contributed by atoms with Crippen LogP contribution in [0.4, 0.5) is 10.1 Å². The zero-order valence-electron chi connectivity index (χ0n) is 14.7. The van der Waals surface area contributed by atoms with Gasteiger partial charge in [0, 0.05) is 12.1 Å². The number of hydrogen-bond donors (Lipinski definition) is 1. The van der Waals surface area contributed by atoms with Crippen LogP contribution in [-0.4, -0.2) is 23.6 Å². The highest BCUT2D eigenvalue weighted by molar-refractivity contribution is 6.03. The van der Waals surface area contributed by atoms with E-state index in [4.69, 9.17) is 9.84 Å². The molecular weight excluding hydrogens is 349 g/mol. The number of ether oxygens (including phenoxy) is 1. The summed E-state index contributed by atoms with van der Waals surface area (Å²) in [6, 6.07) is 12.7. The summed E-state index contributed by atoms with van der Waals surface area (Å²) in [6.45, 7) is 4.00. The van der Waals surface area contributed by atoms with Gasteiger partial charge in [0.15, 0.2) is 0 Å². The van der Waals surface area contributed by atoms with Crippen LogP contribution in [0.25, 0.3) is 0 Å². The van der Waals surface area contributed by atoms with Crippen molar-refractivity contribution in [1.82, 2.24) is 0 Å². The van der Waals surface area contributed by atoms with Crippen LogP contribution in [-0.2, 0) is 9.59 Å². The molecule has 3 rings (SSSR count). The first-order valence-corrected chi connectivity index (χ1v) is 8.65. The average Bonchev–Trinajstić information content (AvgIpc) is 2.66. The number of amides is 1. The molecule has 2 atom stereocenters. The van der Waals surface area contributed by atoms with Gasteiger partial charge in [-0.05, 0) is 48.4 Å². The maximum Gasteiger partial charge on any atom is 0.303 e. The highest BCUT2D eigenvalue weighted by Gasteiger charge is 2.48. The maximum atomic E-state index is 13.2. The molecule has 1 aliphatic rings. The lowest BCUT2D eigenvalue weighted by atomic mass is 9.79. The molecule has 140 valence electrons. The minimum absolute atomic E-state index is 0.0787. The summed E-state index contributed by atoms with van der Waals surface area (Å²) >= 11 is 0. The van der Waals surface area contributed by atoms with Gasteiger partial charge < -0.3 is 14.7 Å². The highest BCUT2D eigenvalue weighted by atomic mass is 19.1. The van der Waals surface area contributed by atoms with Crippen molar-refractivity contribution in [3.8, 4) is 5.75 Å². The Kier molecular flexibility index (Phi) is 5.54. The molecule has 2 aromatic carbocycles. The summed E-state index contributed by atoms with van der Waals surface area (Å²) < 4.78 is 18.7. The number of carboxylic acid groups (broad SMARTS) is 1. The summed E-state index contributed by atoms with van der Waals surface area (Å²) in [5, 5.41) is 8.97. The van der Waals surface area contributed by atoms with E-state index in [0.717, 1.165) is 5.56 Å². The van der Waals surface area contributed by atoms with E-state index in [1.165, 1.54) is 12.1 Å². The maximum absolute atomic E-state index is 13.2. The van der Waals surface area contributed by atoms with Crippen LogP contribution in [0.15, 0.2) is 61.2 Å². The van der Waals surface area contributed by atoms with Gasteiger partial charge in [-0.25, -0.2) is 4.39 Å². The SMILES string of the molecule is C=CCOc1ccc([C@@H]2[C@@H](CCC(=O)O)C(=O)N2c2ccc(F)cc2)cc1. The Bertz CT molecular complexity index is 832. The molecule has 1 saturated heterocycles. The third-order valence-electron chi connectivity index (χ3n) is 4.58. The molecule has 0 aromatic heterocycles. The number of rotatable bonds is 8. The first kappa shape index (κ1) is 18.6. The molecule has 0 spiro atoms. The molecule has 27 heavy (non-hydrogen) atoms. The van der Waals surface area contributed by atoms with E-state index in [1.807, 2.05) is 12.1 Å². The topological polar surface area (TPSA) is 66.8 Å². The van der Waals surface area contributed by atoms with E-state index in [2.05, 4.69) is 6.58 Å². The Morgan fingerprint density at radius 3 is 2.44 bits per heavy atom. The molecule has 0 radical (unpaired) electrons. The monoisotopic (exact) mass is 369 g/mol. The molecule has 0 aliphatic carbocycles. The number of aliphatic carboxylic acids is 1. The average molecular weight is 369 g/mol. The van der Waals surface area contributed by atoms with Gasteiger partial charge in [-0.15, -0.1) is 0 Å². The van der Waals surface area contributed by atoms with Crippen LogP contribution < -0.4 is 9.64 Å². The molecule has 0 bridgehead atoms. The van der Waals surface area contributed by atoms with Gasteiger partial charge in [0.05, 0.1) is 12.0 Å². The standard InChI is InChI=1S/C21H20FNO4/c1-2-13-27-17-9-3-14(4-10-17)20-18(11-12-19(24)25)21(26)23(20)16-7-5-15(22)6-8-16/h2-10,18,20H,1,11-13H2,(H,24,25)/t18-,20-/m1/s1. The van der Waals surface area contributed by atoms with Crippen molar-refractivity contribution in [2.24, 2.45) is 5.92 Å². The van der Waals surface area contributed by atoms with Crippen LogP contribution in [0.1, 0.15) is 24.4 Å².